The van der Waals surface area contributed by atoms with Crippen LogP contribution in [0.3, 0.4) is 0 Å². The van der Waals surface area contributed by atoms with Crippen molar-refractivity contribution in [1.29, 1.82) is 0 Å². The van der Waals surface area contributed by atoms with Crippen LogP contribution in [0.1, 0.15) is 37.5 Å². The molecule has 17 heavy (non-hydrogen) atoms. The standard InChI is InChI=1S/C12H18O3S.Na/c1-4-9-7-8-10(5-2)12(11(9)6-3)16(13,14)15;/h7-8H,4-6H2,1-3H3,(H,13,14,15);/q;+1/p-1. The average molecular weight is 264 g/mol. The Bertz CT molecular complexity index is 481. The molecule has 0 amide bonds. The van der Waals surface area contributed by atoms with Crippen LogP contribution in [0.25, 0.3) is 0 Å². The van der Waals surface area contributed by atoms with E-state index in [0.717, 1.165) is 12.0 Å². The van der Waals surface area contributed by atoms with Crippen LogP contribution in [0.4, 0.5) is 0 Å². The summed E-state index contributed by atoms with van der Waals surface area (Å²) in [6.45, 7) is 5.69. The Labute approximate surface area is 126 Å². The van der Waals surface area contributed by atoms with Crippen molar-refractivity contribution in [2.75, 3.05) is 0 Å². The molecule has 0 spiro atoms. The van der Waals surface area contributed by atoms with Gasteiger partial charge in [0.05, 0.1) is 4.90 Å². The Morgan fingerprint density at radius 2 is 1.47 bits per heavy atom. The third-order valence-corrected chi connectivity index (χ3v) is 3.81. The molecule has 0 aromatic heterocycles. The molecule has 0 N–H and O–H groups in total. The van der Waals surface area contributed by atoms with Crippen molar-refractivity contribution in [2.24, 2.45) is 0 Å². The zero-order valence-electron chi connectivity index (χ0n) is 10.9. The van der Waals surface area contributed by atoms with Gasteiger partial charge in [-0.2, -0.15) is 0 Å². The fraction of sp³-hybridized carbons (Fsp3) is 0.500. The molecule has 0 radical (unpaired) electrons. The first kappa shape index (κ1) is 17.1. The predicted octanol–water partition coefficient (Wildman–Crippen LogP) is -0.718. The van der Waals surface area contributed by atoms with E-state index < -0.39 is 10.1 Å². The SMILES string of the molecule is CCc1ccc(CC)c(S(=O)(=O)[O-])c1CC.[Na+]. The van der Waals surface area contributed by atoms with Gasteiger partial charge in [0.1, 0.15) is 10.1 Å². The molecule has 90 valence electrons. The minimum Gasteiger partial charge on any atom is -0.744 e. The molecule has 0 heterocycles. The monoisotopic (exact) mass is 264 g/mol. The van der Waals surface area contributed by atoms with E-state index in [1.807, 2.05) is 26.8 Å². The number of aryl methyl sites for hydroxylation is 2. The third kappa shape index (κ3) is 3.80. The fourth-order valence-corrected chi connectivity index (χ4v) is 3.14. The molecule has 0 saturated carbocycles. The molecule has 0 aliphatic heterocycles. The predicted molar refractivity (Wildman–Crippen MR) is 62.5 cm³/mol. The molecule has 0 bridgehead atoms. The summed E-state index contributed by atoms with van der Waals surface area (Å²) in [5.41, 5.74) is 2.27. The second-order valence-electron chi connectivity index (χ2n) is 3.71. The maximum absolute atomic E-state index is 11.3. The topological polar surface area (TPSA) is 57.2 Å². The van der Waals surface area contributed by atoms with Crippen molar-refractivity contribution < 1.29 is 42.5 Å². The van der Waals surface area contributed by atoms with E-state index in [1.54, 1.807) is 6.07 Å². The van der Waals surface area contributed by atoms with Crippen molar-refractivity contribution in [1.82, 2.24) is 0 Å². The van der Waals surface area contributed by atoms with Crippen molar-refractivity contribution in [3.05, 3.63) is 28.8 Å². The van der Waals surface area contributed by atoms with E-state index in [1.165, 1.54) is 0 Å². The van der Waals surface area contributed by atoms with Crippen LogP contribution in [0.15, 0.2) is 17.0 Å². The third-order valence-electron chi connectivity index (χ3n) is 2.80. The number of rotatable bonds is 4. The van der Waals surface area contributed by atoms with E-state index in [9.17, 15) is 13.0 Å². The van der Waals surface area contributed by atoms with Gasteiger partial charge >= 0.3 is 29.6 Å². The molecule has 3 nitrogen and oxygen atoms in total. The Kier molecular flexibility index (Phi) is 6.95. The first-order valence-corrected chi connectivity index (χ1v) is 6.96. The Morgan fingerprint density at radius 1 is 1.00 bits per heavy atom. The molecule has 0 saturated heterocycles. The second-order valence-corrected chi connectivity index (χ2v) is 5.02. The van der Waals surface area contributed by atoms with E-state index in [4.69, 9.17) is 0 Å². The molecule has 0 atom stereocenters. The molecule has 1 rings (SSSR count). The van der Waals surface area contributed by atoms with Crippen molar-refractivity contribution in [3.63, 3.8) is 0 Å². The zero-order valence-corrected chi connectivity index (χ0v) is 13.7. The van der Waals surface area contributed by atoms with Crippen LogP contribution in [0.5, 0.6) is 0 Å². The minimum atomic E-state index is -4.37. The Hall–Kier alpha value is 0.130. The molecular weight excluding hydrogens is 247 g/mol. The number of benzene rings is 1. The van der Waals surface area contributed by atoms with Crippen molar-refractivity contribution in [2.45, 2.75) is 44.9 Å². The normalized spacial score (nSPS) is 11.1. The van der Waals surface area contributed by atoms with Crippen LogP contribution in [-0.4, -0.2) is 13.0 Å². The fourth-order valence-electron chi connectivity index (χ4n) is 2.03. The van der Waals surface area contributed by atoms with Crippen molar-refractivity contribution >= 4 is 10.1 Å². The van der Waals surface area contributed by atoms with E-state index in [-0.39, 0.29) is 34.5 Å². The molecule has 0 fully saturated rings. The molecule has 0 aliphatic carbocycles. The quantitative estimate of drug-likeness (QED) is 0.533. The maximum Gasteiger partial charge on any atom is 1.00 e. The largest absolute Gasteiger partial charge is 1.00 e. The zero-order chi connectivity index (χ0) is 12.3. The van der Waals surface area contributed by atoms with Crippen LogP contribution < -0.4 is 29.6 Å². The summed E-state index contributed by atoms with van der Waals surface area (Å²) in [6.07, 6.45) is 1.89. The van der Waals surface area contributed by atoms with Gasteiger partial charge < -0.3 is 4.55 Å². The summed E-state index contributed by atoms with van der Waals surface area (Å²) >= 11 is 0. The molecule has 1 aromatic carbocycles. The summed E-state index contributed by atoms with van der Waals surface area (Å²) in [4.78, 5) is 0.0110. The van der Waals surface area contributed by atoms with Crippen molar-refractivity contribution in [3.8, 4) is 0 Å². The van der Waals surface area contributed by atoms with Crippen LogP contribution >= 0.6 is 0 Å². The van der Waals surface area contributed by atoms with Gasteiger partial charge in [-0.05, 0) is 36.0 Å². The summed E-state index contributed by atoms with van der Waals surface area (Å²) in [5, 5.41) is 0. The van der Waals surface area contributed by atoms with Gasteiger partial charge in [0, 0.05) is 0 Å². The van der Waals surface area contributed by atoms with Gasteiger partial charge in [0.15, 0.2) is 0 Å². The second kappa shape index (κ2) is 6.90. The summed E-state index contributed by atoms with van der Waals surface area (Å²) in [5.74, 6) is 0. The number of hydrogen-bond donors (Lipinski definition) is 0. The maximum atomic E-state index is 11.3. The first-order valence-electron chi connectivity index (χ1n) is 5.55. The van der Waals surface area contributed by atoms with Gasteiger partial charge in [-0.3, -0.25) is 0 Å². The summed E-state index contributed by atoms with van der Waals surface area (Å²) in [7, 11) is -4.37. The van der Waals surface area contributed by atoms with Gasteiger partial charge in [-0.15, -0.1) is 0 Å². The molecule has 1 aromatic rings. The number of hydrogen-bond acceptors (Lipinski definition) is 3. The van der Waals surface area contributed by atoms with Crippen LogP contribution in [0.2, 0.25) is 0 Å². The van der Waals surface area contributed by atoms with E-state index in [0.29, 0.717) is 24.0 Å². The minimum absolute atomic E-state index is 0. The van der Waals surface area contributed by atoms with Gasteiger partial charge in [0.25, 0.3) is 0 Å². The Morgan fingerprint density at radius 3 is 1.82 bits per heavy atom. The van der Waals surface area contributed by atoms with Gasteiger partial charge in [0.2, 0.25) is 0 Å². The van der Waals surface area contributed by atoms with Crippen LogP contribution in [0, 0.1) is 0 Å². The molecule has 0 aliphatic rings. The molecular formula is C12H17NaO3S. The average Bonchev–Trinajstić information content (AvgIpc) is 2.25. The molecule has 5 heteroatoms. The summed E-state index contributed by atoms with van der Waals surface area (Å²) < 4.78 is 33.9. The molecule has 0 unspecified atom stereocenters. The Balaban J connectivity index is 0.00000256. The van der Waals surface area contributed by atoms with Gasteiger partial charge in [-0.1, -0.05) is 32.9 Å². The summed E-state index contributed by atoms with van der Waals surface area (Å²) in [6, 6.07) is 3.68. The van der Waals surface area contributed by atoms with Crippen LogP contribution in [-0.2, 0) is 29.4 Å². The van der Waals surface area contributed by atoms with E-state index in [2.05, 4.69) is 0 Å². The smallest absolute Gasteiger partial charge is 0.744 e. The first-order chi connectivity index (χ1) is 7.45. The van der Waals surface area contributed by atoms with E-state index >= 15 is 0 Å². The van der Waals surface area contributed by atoms with Gasteiger partial charge in [-0.25, -0.2) is 8.42 Å².